The second kappa shape index (κ2) is 17.0. The lowest BCUT2D eigenvalue weighted by Gasteiger charge is -1.89. The highest BCUT2D eigenvalue weighted by molar-refractivity contribution is 5.90. The quantitative estimate of drug-likeness (QED) is 0.424. The summed E-state index contributed by atoms with van der Waals surface area (Å²) in [6.45, 7) is 0.705. The van der Waals surface area contributed by atoms with E-state index in [1.807, 2.05) is 24.4 Å². The van der Waals surface area contributed by atoms with E-state index in [4.69, 9.17) is 26.2 Å². The van der Waals surface area contributed by atoms with Crippen LogP contribution in [0.25, 0.3) is 6.08 Å². The first-order valence-electron chi connectivity index (χ1n) is 7.23. The molecule has 0 atom stereocenters. The predicted octanol–water partition coefficient (Wildman–Crippen LogP) is 0.867. The van der Waals surface area contributed by atoms with E-state index >= 15 is 0 Å². The monoisotopic (exact) mass is 380 g/mol. The highest BCUT2D eigenvalue weighted by atomic mass is 16.4. The first-order chi connectivity index (χ1) is 12.7. The summed E-state index contributed by atoms with van der Waals surface area (Å²) < 4.78 is 0. The minimum absolute atomic E-state index is 0.558. The summed E-state index contributed by atoms with van der Waals surface area (Å²) in [5, 5.41) is 31.2. The average Bonchev–Trinajstić information content (AvgIpc) is 2.60. The molecule has 0 aliphatic heterocycles. The van der Waals surface area contributed by atoms with Gasteiger partial charge in [-0.2, -0.15) is 0 Å². The molecule has 0 aliphatic carbocycles. The van der Waals surface area contributed by atoms with E-state index in [9.17, 15) is 19.2 Å². The van der Waals surface area contributed by atoms with Gasteiger partial charge in [-0.25, -0.2) is 19.2 Å². The first-order valence-corrected chi connectivity index (χ1v) is 7.23. The molecule has 0 aromatic carbocycles. The van der Waals surface area contributed by atoms with Crippen molar-refractivity contribution in [1.29, 1.82) is 0 Å². The molecule has 1 aromatic heterocycles. The summed E-state index contributed by atoms with van der Waals surface area (Å²) in [5.74, 6) is -5.03. The Balaban J connectivity index is 0. The van der Waals surface area contributed by atoms with E-state index in [-0.39, 0.29) is 0 Å². The van der Waals surface area contributed by atoms with Crippen LogP contribution in [0.1, 0.15) is 12.0 Å². The SMILES string of the molecule is NCC/C=C/c1cccnc1.O=C(O)/C=C/C(=O)O.O=C(O)/C=C/C(=O)O. The smallest absolute Gasteiger partial charge is 0.328 e. The maximum Gasteiger partial charge on any atom is 0.328 e. The van der Waals surface area contributed by atoms with Crippen molar-refractivity contribution < 1.29 is 39.6 Å². The molecular weight excluding hydrogens is 360 g/mol. The van der Waals surface area contributed by atoms with Crippen LogP contribution in [-0.2, 0) is 19.2 Å². The van der Waals surface area contributed by atoms with Crippen molar-refractivity contribution in [2.75, 3.05) is 6.54 Å². The molecule has 0 saturated heterocycles. The Hall–Kier alpha value is -3.79. The van der Waals surface area contributed by atoms with Gasteiger partial charge in [-0.1, -0.05) is 18.2 Å². The predicted molar refractivity (Wildman–Crippen MR) is 95.8 cm³/mol. The lowest BCUT2D eigenvalue weighted by molar-refractivity contribution is -0.134. The number of hydrogen-bond acceptors (Lipinski definition) is 6. The topological polar surface area (TPSA) is 188 Å². The molecule has 10 heteroatoms. The van der Waals surface area contributed by atoms with Crippen molar-refractivity contribution in [3.63, 3.8) is 0 Å². The molecule has 1 heterocycles. The number of carbonyl (C=O) groups is 4. The summed E-state index contributed by atoms with van der Waals surface area (Å²) in [6, 6.07) is 3.93. The van der Waals surface area contributed by atoms with Crippen molar-refractivity contribution in [2.24, 2.45) is 5.73 Å². The summed E-state index contributed by atoms with van der Waals surface area (Å²) in [4.78, 5) is 42.2. The lowest BCUT2D eigenvalue weighted by Crippen LogP contribution is -1.94. The normalized spacial score (nSPS) is 9.96. The zero-order valence-electron chi connectivity index (χ0n) is 14.1. The van der Waals surface area contributed by atoms with Crippen LogP contribution in [0.4, 0.5) is 0 Å². The average molecular weight is 380 g/mol. The number of carboxylic acids is 4. The van der Waals surface area contributed by atoms with Gasteiger partial charge in [-0.3, -0.25) is 4.98 Å². The Morgan fingerprint density at radius 3 is 1.63 bits per heavy atom. The summed E-state index contributed by atoms with van der Waals surface area (Å²) in [7, 11) is 0. The van der Waals surface area contributed by atoms with Crippen LogP contribution in [-0.4, -0.2) is 55.8 Å². The van der Waals surface area contributed by atoms with Gasteiger partial charge in [0.15, 0.2) is 0 Å². The Bertz CT molecular complexity index is 615. The Morgan fingerprint density at radius 1 is 0.889 bits per heavy atom. The third-order valence-corrected chi connectivity index (χ3v) is 2.07. The van der Waals surface area contributed by atoms with E-state index in [2.05, 4.69) is 11.1 Å². The first kappa shape index (κ1) is 25.5. The molecule has 0 saturated carbocycles. The number of hydrogen-bond donors (Lipinski definition) is 5. The van der Waals surface area contributed by atoms with E-state index in [0.29, 0.717) is 30.8 Å². The fourth-order valence-corrected chi connectivity index (χ4v) is 1.08. The highest BCUT2D eigenvalue weighted by Crippen LogP contribution is 1.98. The second-order valence-corrected chi connectivity index (χ2v) is 4.29. The van der Waals surface area contributed by atoms with Gasteiger partial charge in [0.2, 0.25) is 0 Å². The summed E-state index contributed by atoms with van der Waals surface area (Å²) >= 11 is 0. The van der Waals surface area contributed by atoms with Crippen LogP contribution >= 0.6 is 0 Å². The van der Waals surface area contributed by atoms with Crippen LogP contribution in [0, 0.1) is 0 Å². The third kappa shape index (κ3) is 24.6. The zero-order chi connectivity index (χ0) is 21.1. The van der Waals surface area contributed by atoms with Crippen LogP contribution in [0.3, 0.4) is 0 Å². The molecule has 27 heavy (non-hydrogen) atoms. The van der Waals surface area contributed by atoms with Gasteiger partial charge < -0.3 is 26.2 Å². The summed E-state index contributed by atoms with van der Waals surface area (Å²) in [5.41, 5.74) is 6.45. The lowest BCUT2D eigenvalue weighted by atomic mass is 10.2. The Kier molecular flexibility index (Phi) is 16.1. The maximum atomic E-state index is 9.55. The van der Waals surface area contributed by atoms with Crippen LogP contribution in [0.5, 0.6) is 0 Å². The van der Waals surface area contributed by atoms with Crippen LogP contribution in [0.2, 0.25) is 0 Å². The van der Waals surface area contributed by atoms with E-state index in [0.717, 1.165) is 12.0 Å². The molecule has 0 unspecified atom stereocenters. The molecule has 146 valence electrons. The van der Waals surface area contributed by atoms with E-state index in [1.165, 1.54) is 0 Å². The third-order valence-electron chi connectivity index (χ3n) is 2.07. The Labute approximate surface area is 154 Å². The van der Waals surface area contributed by atoms with Crippen LogP contribution in [0.15, 0.2) is 54.9 Å². The molecule has 1 rings (SSSR count). The highest BCUT2D eigenvalue weighted by Gasteiger charge is 1.88. The number of carboxylic acid groups (broad SMARTS) is 4. The molecule has 0 amide bonds. The molecule has 0 spiro atoms. The molecular formula is C17H20N2O8. The maximum absolute atomic E-state index is 9.55. The van der Waals surface area contributed by atoms with Crippen molar-refractivity contribution in [2.45, 2.75) is 6.42 Å². The van der Waals surface area contributed by atoms with Crippen LogP contribution < -0.4 is 5.73 Å². The minimum atomic E-state index is -1.26. The molecule has 0 fully saturated rings. The van der Waals surface area contributed by atoms with Crippen molar-refractivity contribution >= 4 is 30.0 Å². The number of aromatic nitrogens is 1. The van der Waals surface area contributed by atoms with E-state index < -0.39 is 23.9 Å². The summed E-state index contributed by atoms with van der Waals surface area (Å²) in [6.07, 6.45) is 10.8. The molecule has 0 aliphatic rings. The van der Waals surface area contributed by atoms with Crippen molar-refractivity contribution in [1.82, 2.24) is 4.98 Å². The number of nitrogens with zero attached hydrogens (tertiary/aromatic N) is 1. The number of rotatable bonds is 7. The van der Waals surface area contributed by atoms with Gasteiger partial charge in [0.25, 0.3) is 0 Å². The molecule has 0 bridgehead atoms. The van der Waals surface area contributed by atoms with Gasteiger partial charge in [0.1, 0.15) is 0 Å². The molecule has 0 radical (unpaired) electrons. The van der Waals surface area contributed by atoms with Gasteiger partial charge in [-0.05, 0) is 24.6 Å². The molecule has 10 nitrogen and oxygen atoms in total. The van der Waals surface area contributed by atoms with Gasteiger partial charge in [-0.15, -0.1) is 0 Å². The molecule has 1 aromatic rings. The van der Waals surface area contributed by atoms with Crippen molar-refractivity contribution in [3.8, 4) is 0 Å². The standard InChI is InChI=1S/C9H12N2.2C4H4O4/c10-6-2-1-4-9-5-3-7-11-8-9;2*5-3(6)1-2-4(7)8/h1,3-5,7-8H,2,6,10H2;2*1-2H,(H,5,6)(H,7,8)/b4-1+;2*2-1+. The second-order valence-electron chi connectivity index (χ2n) is 4.29. The van der Waals surface area contributed by atoms with E-state index in [1.54, 1.807) is 6.20 Å². The largest absolute Gasteiger partial charge is 0.478 e. The van der Waals surface area contributed by atoms with Gasteiger partial charge in [0.05, 0.1) is 0 Å². The van der Waals surface area contributed by atoms with Gasteiger partial charge in [0, 0.05) is 36.7 Å². The van der Waals surface area contributed by atoms with Crippen molar-refractivity contribution in [3.05, 3.63) is 60.5 Å². The number of nitrogens with two attached hydrogens (primary N) is 1. The fraction of sp³-hybridized carbons (Fsp3) is 0.118. The number of pyridine rings is 1. The molecule has 6 N–H and O–H groups in total. The number of aliphatic carboxylic acids is 4. The minimum Gasteiger partial charge on any atom is -0.478 e. The fourth-order valence-electron chi connectivity index (χ4n) is 1.08. The zero-order valence-corrected chi connectivity index (χ0v) is 14.1. The van der Waals surface area contributed by atoms with Gasteiger partial charge >= 0.3 is 23.9 Å². The Morgan fingerprint density at radius 2 is 1.33 bits per heavy atom.